The van der Waals surface area contributed by atoms with E-state index in [9.17, 15) is 4.79 Å². The Bertz CT molecular complexity index is 1000. The molecule has 0 saturated heterocycles. The lowest BCUT2D eigenvalue weighted by atomic mass is 10.0. The van der Waals surface area contributed by atoms with Crippen LogP contribution >= 0.6 is 0 Å². The molecule has 2 aromatic carbocycles. The molecule has 112 valence electrons. The Balaban J connectivity index is 1.83. The van der Waals surface area contributed by atoms with Crippen molar-refractivity contribution in [3.8, 4) is 11.3 Å². The maximum Gasteiger partial charge on any atom is 0.221 e. The van der Waals surface area contributed by atoms with Crippen molar-refractivity contribution in [2.45, 2.75) is 26.2 Å². The summed E-state index contributed by atoms with van der Waals surface area (Å²) >= 11 is 0. The van der Waals surface area contributed by atoms with E-state index >= 15 is 0 Å². The third-order valence-corrected chi connectivity index (χ3v) is 5.02. The molecule has 0 radical (unpaired) electrons. The van der Waals surface area contributed by atoms with Crippen LogP contribution in [0.3, 0.4) is 0 Å². The number of benzene rings is 2. The van der Waals surface area contributed by atoms with Crippen molar-refractivity contribution in [3.05, 3.63) is 58.7 Å². The van der Waals surface area contributed by atoms with Crippen LogP contribution in [0.5, 0.6) is 0 Å². The topological polar surface area (TPSA) is 42.0 Å². The van der Waals surface area contributed by atoms with Crippen LogP contribution in [0.4, 0.5) is 5.69 Å². The smallest absolute Gasteiger partial charge is 0.221 e. The summed E-state index contributed by atoms with van der Waals surface area (Å²) in [5, 5.41) is 4.33. The average molecular weight is 300 g/mol. The molecule has 2 aliphatic carbocycles. The second kappa shape index (κ2) is 4.42. The summed E-state index contributed by atoms with van der Waals surface area (Å²) < 4.78 is 0. The van der Waals surface area contributed by atoms with E-state index in [1.165, 1.54) is 27.6 Å². The van der Waals surface area contributed by atoms with Gasteiger partial charge >= 0.3 is 0 Å². The van der Waals surface area contributed by atoms with Gasteiger partial charge in [-0.25, -0.2) is 4.98 Å². The van der Waals surface area contributed by atoms with Gasteiger partial charge in [-0.3, -0.25) is 4.79 Å². The van der Waals surface area contributed by atoms with Gasteiger partial charge in [0.2, 0.25) is 5.91 Å². The van der Waals surface area contributed by atoms with Crippen LogP contribution in [-0.2, 0) is 24.1 Å². The zero-order valence-corrected chi connectivity index (χ0v) is 12.9. The first-order chi connectivity index (χ1) is 11.2. The van der Waals surface area contributed by atoms with Crippen molar-refractivity contribution in [3.63, 3.8) is 0 Å². The van der Waals surface area contributed by atoms with Gasteiger partial charge in [0.25, 0.3) is 0 Å². The van der Waals surface area contributed by atoms with E-state index in [0.717, 1.165) is 41.7 Å². The van der Waals surface area contributed by atoms with Crippen LogP contribution < -0.4 is 5.32 Å². The minimum Gasteiger partial charge on any atom is -0.326 e. The van der Waals surface area contributed by atoms with Crippen molar-refractivity contribution in [2.75, 3.05) is 5.32 Å². The Hall–Kier alpha value is -2.68. The number of aryl methyl sites for hydroxylation is 2. The SMILES string of the molecule is CC(=O)Nc1cccc2c1-c1nc3cccc4c3c(c1C2)CC4. The Labute approximate surface area is 134 Å². The molecule has 3 heteroatoms. The van der Waals surface area contributed by atoms with Gasteiger partial charge in [-0.05, 0) is 47.2 Å². The lowest BCUT2D eigenvalue weighted by molar-refractivity contribution is -0.114. The van der Waals surface area contributed by atoms with Crippen molar-refractivity contribution in [1.82, 2.24) is 4.98 Å². The maximum absolute atomic E-state index is 11.5. The zero-order chi connectivity index (χ0) is 15.6. The van der Waals surface area contributed by atoms with Gasteiger partial charge in [-0.15, -0.1) is 0 Å². The summed E-state index contributed by atoms with van der Waals surface area (Å²) in [6, 6.07) is 12.6. The van der Waals surface area contributed by atoms with Crippen LogP contribution in [0.15, 0.2) is 36.4 Å². The number of anilines is 1. The van der Waals surface area contributed by atoms with Gasteiger partial charge in [0.15, 0.2) is 0 Å². The van der Waals surface area contributed by atoms with Gasteiger partial charge in [-0.1, -0.05) is 24.3 Å². The third kappa shape index (κ3) is 1.70. The highest BCUT2D eigenvalue weighted by Crippen LogP contribution is 2.45. The summed E-state index contributed by atoms with van der Waals surface area (Å²) in [5.74, 6) is -0.0422. The van der Waals surface area contributed by atoms with E-state index in [-0.39, 0.29) is 5.91 Å². The first-order valence-corrected chi connectivity index (χ1v) is 8.05. The molecule has 0 bridgehead atoms. The molecular weight excluding hydrogens is 284 g/mol. The minimum absolute atomic E-state index is 0.0422. The predicted octanol–water partition coefficient (Wildman–Crippen LogP) is 3.86. The molecule has 0 atom stereocenters. The Morgan fingerprint density at radius 2 is 1.87 bits per heavy atom. The second-order valence-corrected chi connectivity index (χ2v) is 6.43. The summed E-state index contributed by atoms with van der Waals surface area (Å²) in [6.07, 6.45) is 3.13. The standard InChI is InChI=1S/C20H16N2O/c1-11(23)21-17-7-3-5-13-10-15-14-9-8-12-4-2-6-16(18(12)14)22-20(15)19(13)17/h2-7H,8-10H2,1H3,(H,21,23). The predicted molar refractivity (Wildman–Crippen MR) is 91.7 cm³/mol. The molecule has 1 aromatic heterocycles. The molecule has 23 heavy (non-hydrogen) atoms. The maximum atomic E-state index is 11.5. The Morgan fingerprint density at radius 3 is 2.74 bits per heavy atom. The molecule has 0 fully saturated rings. The lowest BCUT2D eigenvalue weighted by Crippen LogP contribution is -2.07. The first kappa shape index (κ1) is 12.8. The molecule has 1 heterocycles. The van der Waals surface area contributed by atoms with Crippen molar-refractivity contribution in [1.29, 1.82) is 0 Å². The molecule has 2 aliphatic rings. The minimum atomic E-state index is -0.0422. The fraction of sp³-hybridized carbons (Fsp3) is 0.200. The van der Waals surface area contributed by atoms with E-state index in [4.69, 9.17) is 4.98 Å². The number of hydrogen-bond donors (Lipinski definition) is 1. The van der Waals surface area contributed by atoms with Crippen LogP contribution in [-0.4, -0.2) is 10.9 Å². The molecule has 0 unspecified atom stereocenters. The van der Waals surface area contributed by atoms with Crippen LogP contribution in [0.1, 0.15) is 29.2 Å². The van der Waals surface area contributed by atoms with E-state index in [1.54, 1.807) is 6.92 Å². The average Bonchev–Trinajstić information content (AvgIpc) is 3.10. The molecular formula is C20H16N2O. The number of carbonyl (C=O) groups is 1. The number of carbonyl (C=O) groups excluding carboxylic acids is 1. The Morgan fingerprint density at radius 1 is 1.04 bits per heavy atom. The van der Waals surface area contributed by atoms with E-state index in [1.807, 2.05) is 12.1 Å². The van der Waals surface area contributed by atoms with Crippen molar-refractivity contribution < 1.29 is 4.79 Å². The van der Waals surface area contributed by atoms with E-state index in [2.05, 4.69) is 29.6 Å². The Kier molecular flexibility index (Phi) is 2.46. The molecule has 3 nitrogen and oxygen atoms in total. The highest BCUT2D eigenvalue weighted by atomic mass is 16.1. The molecule has 0 saturated carbocycles. The highest BCUT2D eigenvalue weighted by molar-refractivity contribution is 5.99. The number of nitrogens with one attached hydrogen (secondary N) is 1. The fourth-order valence-electron chi connectivity index (χ4n) is 4.16. The molecule has 1 amide bonds. The zero-order valence-electron chi connectivity index (χ0n) is 12.9. The van der Waals surface area contributed by atoms with Crippen molar-refractivity contribution in [2.24, 2.45) is 0 Å². The van der Waals surface area contributed by atoms with Gasteiger partial charge < -0.3 is 5.32 Å². The molecule has 5 rings (SSSR count). The molecule has 0 aliphatic heterocycles. The normalized spacial score (nSPS) is 14.0. The van der Waals surface area contributed by atoms with Gasteiger partial charge in [0.1, 0.15) is 0 Å². The largest absolute Gasteiger partial charge is 0.326 e. The van der Waals surface area contributed by atoms with Gasteiger partial charge in [0, 0.05) is 24.3 Å². The first-order valence-electron chi connectivity index (χ1n) is 8.05. The number of rotatable bonds is 1. The number of nitrogens with zero attached hydrogens (tertiary/aromatic N) is 1. The second-order valence-electron chi connectivity index (χ2n) is 6.43. The monoisotopic (exact) mass is 300 g/mol. The van der Waals surface area contributed by atoms with E-state index in [0.29, 0.717) is 0 Å². The van der Waals surface area contributed by atoms with Crippen LogP contribution in [0.25, 0.3) is 22.2 Å². The summed E-state index contributed by atoms with van der Waals surface area (Å²) in [6.45, 7) is 1.55. The summed E-state index contributed by atoms with van der Waals surface area (Å²) in [5.41, 5.74) is 9.63. The number of aromatic nitrogens is 1. The molecule has 3 aromatic rings. The lowest BCUT2D eigenvalue weighted by Gasteiger charge is -2.11. The van der Waals surface area contributed by atoms with Gasteiger partial charge in [-0.2, -0.15) is 0 Å². The number of hydrogen-bond acceptors (Lipinski definition) is 2. The number of amides is 1. The molecule has 0 spiro atoms. The summed E-state index contributed by atoms with van der Waals surface area (Å²) in [4.78, 5) is 16.5. The van der Waals surface area contributed by atoms with E-state index < -0.39 is 0 Å². The molecule has 1 N–H and O–H groups in total. The number of fused-ring (bicyclic) bond motifs is 4. The van der Waals surface area contributed by atoms with Crippen LogP contribution in [0, 0.1) is 0 Å². The third-order valence-electron chi connectivity index (χ3n) is 5.02. The van der Waals surface area contributed by atoms with Gasteiger partial charge in [0.05, 0.1) is 16.9 Å². The quantitative estimate of drug-likeness (QED) is 0.580. The van der Waals surface area contributed by atoms with Crippen molar-refractivity contribution >= 4 is 22.5 Å². The summed E-state index contributed by atoms with van der Waals surface area (Å²) in [7, 11) is 0. The fourth-order valence-corrected chi connectivity index (χ4v) is 4.16. The highest BCUT2D eigenvalue weighted by Gasteiger charge is 2.29. The van der Waals surface area contributed by atoms with Crippen LogP contribution in [0.2, 0.25) is 0 Å². The number of pyridine rings is 1.